The molecule has 0 nitrogen and oxygen atoms in total. The average Bonchev–Trinajstić information content (AvgIpc) is 2.84. The van der Waals surface area contributed by atoms with Crippen molar-refractivity contribution in [1.29, 1.82) is 0 Å². The molecule has 1 aliphatic rings. The molecule has 0 heteroatoms. The summed E-state index contributed by atoms with van der Waals surface area (Å²) in [5.74, 6) is 4.11. The molecule has 0 aliphatic heterocycles. The molecule has 0 amide bonds. The van der Waals surface area contributed by atoms with Crippen LogP contribution in [0, 0.1) is 23.7 Å². The predicted molar refractivity (Wildman–Crippen MR) is 64.4 cm³/mol. The van der Waals surface area contributed by atoms with Crippen LogP contribution in [-0.2, 0) is 0 Å². The summed E-state index contributed by atoms with van der Waals surface area (Å²) in [6, 6.07) is 0. The molecular weight excluding hydrogens is 168 g/mol. The van der Waals surface area contributed by atoms with Gasteiger partial charge in [-0.3, -0.25) is 0 Å². The molecule has 0 spiro atoms. The first kappa shape index (κ1) is 12.1. The molecule has 0 N–H and O–H groups in total. The maximum Gasteiger partial charge on any atom is -0.0357 e. The standard InChI is InChI=1S/C14H28/c1-5-7-13-10-14(13)12(4)9-6-8-11(2)3/h11-14H,5-10H2,1-4H3. The molecule has 0 radical (unpaired) electrons. The fourth-order valence-corrected chi connectivity index (χ4v) is 2.73. The van der Waals surface area contributed by atoms with Gasteiger partial charge in [0.15, 0.2) is 0 Å². The van der Waals surface area contributed by atoms with Gasteiger partial charge < -0.3 is 0 Å². The molecule has 1 saturated carbocycles. The zero-order valence-corrected chi connectivity index (χ0v) is 10.6. The van der Waals surface area contributed by atoms with E-state index in [2.05, 4.69) is 27.7 Å². The third kappa shape index (κ3) is 4.02. The Morgan fingerprint density at radius 2 is 1.86 bits per heavy atom. The molecule has 1 aliphatic carbocycles. The minimum absolute atomic E-state index is 0.896. The summed E-state index contributed by atoms with van der Waals surface area (Å²) in [6.45, 7) is 9.46. The molecule has 0 heterocycles. The maximum absolute atomic E-state index is 2.47. The van der Waals surface area contributed by atoms with Crippen molar-refractivity contribution in [3.05, 3.63) is 0 Å². The van der Waals surface area contributed by atoms with Crippen LogP contribution in [0.15, 0.2) is 0 Å². The molecule has 0 aromatic carbocycles. The van der Waals surface area contributed by atoms with E-state index in [0.717, 1.165) is 23.7 Å². The summed E-state index contributed by atoms with van der Waals surface area (Å²) >= 11 is 0. The lowest BCUT2D eigenvalue weighted by atomic mass is 9.94. The van der Waals surface area contributed by atoms with Gasteiger partial charge >= 0.3 is 0 Å². The normalized spacial score (nSPS) is 28.1. The van der Waals surface area contributed by atoms with Crippen LogP contribution >= 0.6 is 0 Å². The van der Waals surface area contributed by atoms with Crippen LogP contribution in [0.4, 0.5) is 0 Å². The van der Waals surface area contributed by atoms with Crippen molar-refractivity contribution in [2.45, 2.75) is 66.2 Å². The van der Waals surface area contributed by atoms with Gasteiger partial charge in [0.1, 0.15) is 0 Å². The lowest BCUT2D eigenvalue weighted by Crippen LogP contribution is -2.00. The lowest BCUT2D eigenvalue weighted by molar-refractivity contribution is 0.398. The Morgan fingerprint density at radius 3 is 2.43 bits per heavy atom. The molecule has 3 atom stereocenters. The van der Waals surface area contributed by atoms with Gasteiger partial charge in [0, 0.05) is 0 Å². The highest BCUT2D eigenvalue weighted by Crippen LogP contribution is 2.48. The fraction of sp³-hybridized carbons (Fsp3) is 1.00. The minimum atomic E-state index is 0.896. The monoisotopic (exact) mass is 196 g/mol. The first-order valence-corrected chi connectivity index (χ1v) is 6.65. The van der Waals surface area contributed by atoms with E-state index in [9.17, 15) is 0 Å². The van der Waals surface area contributed by atoms with Crippen molar-refractivity contribution >= 4 is 0 Å². The zero-order chi connectivity index (χ0) is 10.6. The van der Waals surface area contributed by atoms with Crippen molar-refractivity contribution in [3.8, 4) is 0 Å². The molecule has 0 saturated heterocycles. The largest absolute Gasteiger partial charge is 0.0654 e. The summed E-state index contributed by atoms with van der Waals surface area (Å²) in [6.07, 6.45) is 8.77. The Hall–Kier alpha value is 0. The quantitative estimate of drug-likeness (QED) is 0.544. The highest BCUT2D eigenvalue weighted by molar-refractivity contribution is 4.89. The molecule has 84 valence electrons. The van der Waals surface area contributed by atoms with E-state index in [1.165, 1.54) is 38.5 Å². The smallest absolute Gasteiger partial charge is 0.0357 e. The highest BCUT2D eigenvalue weighted by atomic mass is 14.4. The van der Waals surface area contributed by atoms with Crippen molar-refractivity contribution in [2.75, 3.05) is 0 Å². The van der Waals surface area contributed by atoms with Crippen molar-refractivity contribution in [3.63, 3.8) is 0 Å². The van der Waals surface area contributed by atoms with Crippen molar-refractivity contribution < 1.29 is 0 Å². The average molecular weight is 196 g/mol. The van der Waals surface area contributed by atoms with Gasteiger partial charge in [-0.15, -0.1) is 0 Å². The minimum Gasteiger partial charge on any atom is -0.0654 e. The Bertz CT molecular complexity index is 148. The molecule has 1 fully saturated rings. The van der Waals surface area contributed by atoms with Crippen LogP contribution in [0.25, 0.3) is 0 Å². The third-order valence-corrected chi connectivity index (χ3v) is 3.81. The van der Waals surface area contributed by atoms with Crippen LogP contribution in [0.3, 0.4) is 0 Å². The van der Waals surface area contributed by atoms with E-state index in [4.69, 9.17) is 0 Å². The Morgan fingerprint density at radius 1 is 1.14 bits per heavy atom. The SMILES string of the molecule is CCCC1CC1C(C)CCCC(C)C. The van der Waals surface area contributed by atoms with E-state index in [1.54, 1.807) is 0 Å². The van der Waals surface area contributed by atoms with Gasteiger partial charge in [-0.2, -0.15) is 0 Å². The van der Waals surface area contributed by atoms with Crippen LogP contribution in [0.5, 0.6) is 0 Å². The first-order chi connectivity index (χ1) is 6.65. The van der Waals surface area contributed by atoms with Gasteiger partial charge in [0.25, 0.3) is 0 Å². The summed E-state index contributed by atoms with van der Waals surface area (Å²) in [4.78, 5) is 0. The van der Waals surface area contributed by atoms with Crippen molar-refractivity contribution in [1.82, 2.24) is 0 Å². The summed E-state index contributed by atoms with van der Waals surface area (Å²) in [5.41, 5.74) is 0. The van der Waals surface area contributed by atoms with Gasteiger partial charge in [-0.05, 0) is 30.1 Å². The van der Waals surface area contributed by atoms with Crippen LogP contribution in [0.2, 0.25) is 0 Å². The van der Waals surface area contributed by atoms with Gasteiger partial charge in [-0.25, -0.2) is 0 Å². The summed E-state index contributed by atoms with van der Waals surface area (Å²) in [5, 5.41) is 0. The Balaban J connectivity index is 2.03. The molecule has 0 aromatic heterocycles. The molecule has 0 bridgehead atoms. The Kier molecular flexibility index (Phi) is 4.98. The third-order valence-electron chi connectivity index (χ3n) is 3.81. The second kappa shape index (κ2) is 5.78. The molecule has 1 rings (SSSR count). The first-order valence-electron chi connectivity index (χ1n) is 6.65. The van der Waals surface area contributed by atoms with Gasteiger partial charge in [-0.1, -0.05) is 59.8 Å². The topological polar surface area (TPSA) is 0 Å². The molecular formula is C14H28. The van der Waals surface area contributed by atoms with E-state index in [0.29, 0.717) is 0 Å². The predicted octanol–water partition coefficient (Wildman–Crippen LogP) is 4.89. The van der Waals surface area contributed by atoms with E-state index in [1.807, 2.05) is 0 Å². The summed E-state index contributed by atoms with van der Waals surface area (Å²) < 4.78 is 0. The Labute approximate surface area is 90.5 Å². The molecule has 14 heavy (non-hydrogen) atoms. The van der Waals surface area contributed by atoms with E-state index in [-0.39, 0.29) is 0 Å². The zero-order valence-electron chi connectivity index (χ0n) is 10.6. The second-order valence-electron chi connectivity index (χ2n) is 5.75. The van der Waals surface area contributed by atoms with E-state index < -0.39 is 0 Å². The maximum atomic E-state index is 2.47. The second-order valence-corrected chi connectivity index (χ2v) is 5.75. The highest BCUT2D eigenvalue weighted by Gasteiger charge is 2.39. The van der Waals surface area contributed by atoms with Crippen molar-refractivity contribution in [2.24, 2.45) is 23.7 Å². The number of rotatable bonds is 7. The summed E-state index contributed by atoms with van der Waals surface area (Å²) in [7, 11) is 0. The van der Waals surface area contributed by atoms with E-state index >= 15 is 0 Å². The molecule has 0 aromatic rings. The molecule has 3 unspecified atom stereocenters. The fourth-order valence-electron chi connectivity index (χ4n) is 2.73. The van der Waals surface area contributed by atoms with Crippen LogP contribution in [0.1, 0.15) is 66.2 Å². The van der Waals surface area contributed by atoms with Gasteiger partial charge in [0.2, 0.25) is 0 Å². The lowest BCUT2D eigenvalue weighted by Gasteiger charge is -2.11. The number of hydrogen-bond donors (Lipinski definition) is 0. The number of hydrogen-bond acceptors (Lipinski definition) is 0. The van der Waals surface area contributed by atoms with Gasteiger partial charge in [0.05, 0.1) is 0 Å². The van der Waals surface area contributed by atoms with Crippen LogP contribution in [-0.4, -0.2) is 0 Å². The van der Waals surface area contributed by atoms with Crippen LogP contribution < -0.4 is 0 Å².